The predicted molar refractivity (Wildman–Crippen MR) is 72.9 cm³/mol. The molecule has 18 heavy (non-hydrogen) atoms. The van der Waals surface area contributed by atoms with Crippen molar-refractivity contribution in [2.45, 2.75) is 39.5 Å². The quantitative estimate of drug-likeness (QED) is 0.891. The van der Waals surface area contributed by atoms with Gasteiger partial charge in [0.15, 0.2) is 0 Å². The van der Waals surface area contributed by atoms with Crippen LogP contribution in [0, 0.1) is 12.8 Å². The Morgan fingerprint density at radius 3 is 2.89 bits per heavy atom. The zero-order chi connectivity index (χ0) is 13.1. The lowest BCUT2D eigenvalue weighted by molar-refractivity contribution is 0.208. The Kier molecular flexibility index (Phi) is 4.17. The van der Waals surface area contributed by atoms with Gasteiger partial charge in [-0.2, -0.15) is 0 Å². The Hall–Kier alpha value is -1.16. The summed E-state index contributed by atoms with van der Waals surface area (Å²) in [5.41, 5.74) is 2.12. The fourth-order valence-corrected chi connectivity index (χ4v) is 2.41. The van der Waals surface area contributed by atoms with Gasteiger partial charge in [-0.15, -0.1) is 0 Å². The molecule has 1 saturated heterocycles. The van der Waals surface area contributed by atoms with Crippen molar-refractivity contribution in [3.05, 3.63) is 17.5 Å². The topological polar surface area (TPSA) is 49.2 Å². The monoisotopic (exact) mass is 249 g/mol. The molecule has 0 aromatic carbocycles. The van der Waals surface area contributed by atoms with Crippen LogP contribution in [0.2, 0.25) is 0 Å². The van der Waals surface area contributed by atoms with E-state index in [1.54, 1.807) is 0 Å². The summed E-state index contributed by atoms with van der Waals surface area (Å²) >= 11 is 0. The summed E-state index contributed by atoms with van der Waals surface area (Å²) in [5, 5.41) is 9.29. The van der Waals surface area contributed by atoms with E-state index in [2.05, 4.69) is 34.8 Å². The highest BCUT2D eigenvalue weighted by Gasteiger charge is 2.21. The highest BCUT2D eigenvalue weighted by molar-refractivity contribution is 5.33. The van der Waals surface area contributed by atoms with Crippen molar-refractivity contribution in [3.8, 4) is 0 Å². The number of aryl methyl sites for hydroxylation is 1. The van der Waals surface area contributed by atoms with E-state index < -0.39 is 0 Å². The van der Waals surface area contributed by atoms with E-state index in [0.717, 1.165) is 43.3 Å². The maximum absolute atomic E-state index is 9.29. The summed E-state index contributed by atoms with van der Waals surface area (Å²) in [6, 6.07) is 2.06. The summed E-state index contributed by atoms with van der Waals surface area (Å²) < 4.78 is 0. The molecule has 1 unspecified atom stereocenters. The van der Waals surface area contributed by atoms with Crippen LogP contribution in [0.1, 0.15) is 44.0 Å². The fraction of sp³-hybridized carbons (Fsp3) is 0.714. The summed E-state index contributed by atoms with van der Waals surface area (Å²) in [6.07, 6.45) is 2.22. The highest BCUT2D eigenvalue weighted by Crippen LogP contribution is 2.22. The smallest absolute Gasteiger partial charge is 0.225 e. The summed E-state index contributed by atoms with van der Waals surface area (Å²) in [4.78, 5) is 11.4. The Labute approximate surface area is 109 Å². The van der Waals surface area contributed by atoms with Crippen molar-refractivity contribution in [1.29, 1.82) is 0 Å². The van der Waals surface area contributed by atoms with Gasteiger partial charge < -0.3 is 10.0 Å². The van der Waals surface area contributed by atoms with Crippen LogP contribution < -0.4 is 4.90 Å². The number of rotatable bonds is 3. The van der Waals surface area contributed by atoms with Crippen molar-refractivity contribution < 1.29 is 5.11 Å². The molecule has 0 amide bonds. The second-order valence-corrected chi connectivity index (χ2v) is 5.53. The van der Waals surface area contributed by atoms with Gasteiger partial charge in [0.1, 0.15) is 0 Å². The predicted octanol–water partition coefficient (Wildman–Crippen LogP) is 2.12. The van der Waals surface area contributed by atoms with Crippen molar-refractivity contribution in [2.75, 3.05) is 24.6 Å². The average Bonchev–Trinajstić information content (AvgIpc) is 2.38. The SMILES string of the molecule is Cc1cc(C(C)C)nc(N2CCCC(CO)C2)n1. The van der Waals surface area contributed by atoms with Crippen LogP contribution >= 0.6 is 0 Å². The van der Waals surface area contributed by atoms with Crippen LogP contribution in [0.3, 0.4) is 0 Å². The summed E-state index contributed by atoms with van der Waals surface area (Å²) in [7, 11) is 0. The normalized spacial score (nSPS) is 20.5. The molecule has 1 aromatic rings. The molecule has 1 atom stereocenters. The van der Waals surface area contributed by atoms with Gasteiger partial charge in [0.2, 0.25) is 5.95 Å². The van der Waals surface area contributed by atoms with Gasteiger partial charge in [0.25, 0.3) is 0 Å². The number of aliphatic hydroxyl groups is 1. The molecule has 0 bridgehead atoms. The second kappa shape index (κ2) is 5.65. The molecular weight excluding hydrogens is 226 g/mol. The van der Waals surface area contributed by atoms with Gasteiger partial charge in [-0.05, 0) is 37.7 Å². The molecule has 1 aliphatic rings. The first-order valence-corrected chi connectivity index (χ1v) is 6.81. The third-order valence-electron chi connectivity index (χ3n) is 3.51. The van der Waals surface area contributed by atoms with Gasteiger partial charge in [-0.3, -0.25) is 0 Å². The van der Waals surface area contributed by atoms with Gasteiger partial charge in [-0.1, -0.05) is 13.8 Å². The van der Waals surface area contributed by atoms with E-state index in [-0.39, 0.29) is 6.61 Å². The second-order valence-electron chi connectivity index (χ2n) is 5.53. The van der Waals surface area contributed by atoms with Crippen molar-refractivity contribution >= 4 is 5.95 Å². The lowest BCUT2D eigenvalue weighted by Crippen LogP contribution is -2.38. The molecule has 0 spiro atoms. The van der Waals surface area contributed by atoms with Crippen LogP contribution in [0.4, 0.5) is 5.95 Å². The molecule has 100 valence electrons. The minimum absolute atomic E-state index is 0.263. The largest absolute Gasteiger partial charge is 0.396 e. The number of hydrogen-bond acceptors (Lipinski definition) is 4. The first kappa shape index (κ1) is 13.3. The molecule has 0 aliphatic carbocycles. The lowest BCUT2D eigenvalue weighted by Gasteiger charge is -2.32. The van der Waals surface area contributed by atoms with E-state index >= 15 is 0 Å². The van der Waals surface area contributed by atoms with E-state index in [0.29, 0.717) is 11.8 Å². The van der Waals surface area contributed by atoms with E-state index in [1.807, 2.05) is 6.92 Å². The molecule has 0 radical (unpaired) electrons. The Morgan fingerprint density at radius 2 is 2.22 bits per heavy atom. The Bertz CT molecular complexity index is 406. The molecule has 1 aromatic heterocycles. The lowest BCUT2D eigenvalue weighted by atomic mass is 9.99. The van der Waals surface area contributed by atoms with E-state index in [4.69, 9.17) is 0 Å². The minimum atomic E-state index is 0.263. The van der Waals surface area contributed by atoms with Crippen LogP contribution in [0.5, 0.6) is 0 Å². The Balaban J connectivity index is 2.21. The van der Waals surface area contributed by atoms with Gasteiger partial charge >= 0.3 is 0 Å². The minimum Gasteiger partial charge on any atom is -0.396 e. The summed E-state index contributed by atoms with van der Waals surface area (Å²) in [5.74, 6) is 1.62. The maximum Gasteiger partial charge on any atom is 0.225 e. The molecule has 1 fully saturated rings. The van der Waals surface area contributed by atoms with Crippen LogP contribution in [-0.2, 0) is 0 Å². The molecule has 2 heterocycles. The number of aliphatic hydroxyl groups excluding tert-OH is 1. The molecule has 0 saturated carbocycles. The number of hydrogen-bond donors (Lipinski definition) is 1. The van der Waals surface area contributed by atoms with Gasteiger partial charge in [0, 0.05) is 31.1 Å². The molecule has 2 rings (SSSR count). The van der Waals surface area contributed by atoms with Crippen molar-refractivity contribution in [2.24, 2.45) is 5.92 Å². The third kappa shape index (κ3) is 2.99. The highest BCUT2D eigenvalue weighted by atomic mass is 16.3. The fourth-order valence-electron chi connectivity index (χ4n) is 2.41. The van der Waals surface area contributed by atoms with Crippen molar-refractivity contribution in [1.82, 2.24) is 9.97 Å². The van der Waals surface area contributed by atoms with Crippen molar-refractivity contribution in [3.63, 3.8) is 0 Å². The number of piperidine rings is 1. The maximum atomic E-state index is 9.29. The first-order chi connectivity index (χ1) is 8.60. The number of anilines is 1. The van der Waals surface area contributed by atoms with Crippen LogP contribution in [-0.4, -0.2) is 34.8 Å². The third-order valence-corrected chi connectivity index (χ3v) is 3.51. The van der Waals surface area contributed by atoms with Gasteiger partial charge in [-0.25, -0.2) is 9.97 Å². The van der Waals surface area contributed by atoms with Gasteiger partial charge in [0.05, 0.1) is 0 Å². The molecule has 4 heteroatoms. The number of aromatic nitrogens is 2. The van der Waals surface area contributed by atoms with E-state index in [1.165, 1.54) is 0 Å². The van der Waals surface area contributed by atoms with Crippen LogP contribution in [0.15, 0.2) is 6.07 Å². The molecule has 4 nitrogen and oxygen atoms in total. The summed E-state index contributed by atoms with van der Waals surface area (Å²) in [6.45, 7) is 8.45. The molecule has 1 N–H and O–H groups in total. The molecular formula is C14H23N3O. The average molecular weight is 249 g/mol. The molecule has 1 aliphatic heterocycles. The standard InChI is InChI=1S/C14H23N3O/c1-10(2)13-7-11(3)15-14(16-13)17-6-4-5-12(8-17)9-18/h7,10,12,18H,4-6,8-9H2,1-3H3. The Morgan fingerprint density at radius 1 is 1.44 bits per heavy atom. The van der Waals surface area contributed by atoms with Crippen LogP contribution in [0.25, 0.3) is 0 Å². The zero-order valence-electron chi connectivity index (χ0n) is 11.6. The number of nitrogens with zero attached hydrogens (tertiary/aromatic N) is 3. The zero-order valence-corrected chi connectivity index (χ0v) is 11.6. The first-order valence-electron chi connectivity index (χ1n) is 6.81. The van der Waals surface area contributed by atoms with E-state index in [9.17, 15) is 5.11 Å².